The van der Waals surface area contributed by atoms with Gasteiger partial charge in [0.1, 0.15) is 0 Å². The third-order valence-electron chi connectivity index (χ3n) is 3.26. The Bertz CT molecular complexity index is 464. The summed E-state index contributed by atoms with van der Waals surface area (Å²) in [6.45, 7) is 6.22. The summed E-state index contributed by atoms with van der Waals surface area (Å²) >= 11 is 0. The zero-order valence-corrected chi connectivity index (χ0v) is 9.01. The first-order chi connectivity index (χ1) is 7.25. The molecule has 0 bridgehead atoms. The average molecular weight is 197 g/mol. The third-order valence-corrected chi connectivity index (χ3v) is 3.26. The Hall–Kier alpha value is -1.50. The van der Waals surface area contributed by atoms with Gasteiger partial charge >= 0.3 is 0 Å². The molecule has 0 saturated heterocycles. The van der Waals surface area contributed by atoms with Gasteiger partial charge in [0, 0.05) is 17.5 Å². The van der Waals surface area contributed by atoms with Gasteiger partial charge in [0.05, 0.1) is 0 Å². The summed E-state index contributed by atoms with van der Waals surface area (Å²) in [6, 6.07) is 4.64. The fourth-order valence-electron chi connectivity index (χ4n) is 2.34. The smallest absolute Gasteiger partial charge is 0.0389 e. The topological polar surface area (TPSA) is 12.0 Å². The first-order valence-corrected chi connectivity index (χ1v) is 5.52. The molecule has 0 aromatic heterocycles. The number of rotatable bonds is 1. The van der Waals surface area contributed by atoms with Gasteiger partial charge in [-0.15, -0.1) is 0 Å². The van der Waals surface area contributed by atoms with Gasteiger partial charge in [-0.1, -0.05) is 18.7 Å². The van der Waals surface area contributed by atoms with E-state index < -0.39 is 0 Å². The van der Waals surface area contributed by atoms with Gasteiger partial charge < -0.3 is 5.32 Å². The molecule has 1 nitrogen and oxygen atoms in total. The van der Waals surface area contributed by atoms with Crippen LogP contribution in [0.2, 0.25) is 0 Å². The highest BCUT2D eigenvalue weighted by Crippen LogP contribution is 2.42. The van der Waals surface area contributed by atoms with Crippen molar-refractivity contribution in [2.75, 3.05) is 0 Å². The van der Waals surface area contributed by atoms with E-state index in [-0.39, 0.29) is 0 Å². The molecule has 0 atom stereocenters. The van der Waals surface area contributed by atoms with Gasteiger partial charge in [-0.25, -0.2) is 0 Å². The van der Waals surface area contributed by atoms with Crippen LogP contribution >= 0.6 is 0 Å². The molecule has 1 N–H and O–H groups in total. The molecule has 1 aromatic carbocycles. The monoisotopic (exact) mass is 197 g/mol. The van der Waals surface area contributed by atoms with Crippen molar-refractivity contribution >= 4 is 11.8 Å². The molecule has 2 aliphatic rings. The second-order valence-corrected chi connectivity index (χ2v) is 4.53. The van der Waals surface area contributed by atoms with E-state index in [1.807, 2.05) is 6.20 Å². The van der Waals surface area contributed by atoms with Crippen LogP contribution in [-0.4, -0.2) is 0 Å². The Labute approximate surface area is 90.5 Å². The Morgan fingerprint density at radius 1 is 1.33 bits per heavy atom. The van der Waals surface area contributed by atoms with Crippen molar-refractivity contribution in [2.24, 2.45) is 0 Å². The second-order valence-electron chi connectivity index (χ2n) is 4.53. The van der Waals surface area contributed by atoms with Crippen LogP contribution in [0, 0.1) is 6.92 Å². The quantitative estimate of drug-likeness (QED) is 0.727. The standard InChI is InChI=1S/C14H15N/c1-9-7-13(11-3-4-11)8-12-5-6-15-10(2)14(9)12/h5-8,11,15H,2-4H2,1H3. The summed E-state index contributed by atoms with van der Waals surface area (Å²) in [4.78, 5) is 0. The van der Waals surface area contributed by atoms with E-state index in [2.05, 4.69) is 37.0 Å². The van der Waals surface area contributed by atoms with Gasteiger partial charge in [-0.05, 0) is 48.4 Å². The highest BCUT2D eigenvalue weighted by atomic mass is 14.9. The lowest BCUT2D eigenvalue weighted by atomic mass is 9.93. The first kappa shape index (κ1) is 8.78. The van der Waals surface area contributed by atoms with Crippen molar-refractivity contribution in [1.82, 2.24) is 5.32 Å². The molecule has 0 radical (unpaired) electrons. The van der Waals surface area contributed by atoms with Crippen LogP contribution in [0.15, 0.2) is 24.9 Å². The molecule has 1 aliphatic carbocycles. The number of benzene rings is 1. The minimum atomic E-state index is 0.825. The maximum absolute atomic E-state index is 4.04. The number of hydrogen-bond donors (Lipinski definition) is 1. The van der Waals surface area contributed by atoms with Crippen LogP contribution in [0.1, 0.15) is 41.0 Å². The minimum absolute atomic E-state index is 0.825. The molecule has 15 heavy (non-hydrogen) atoms. The number of fused-ring (bicyclic) bond motifs is 1. The van der Waals surface area contributed by atoms with Gasteiger partial charge in [0.15, 0.2) is 0 Å². The summed E-state index contributed by atoms with van der Waals surface area (Å²) in [5.41, 5.74) is 6.47. The van der Waals surface area contributed by atoms with E-state index in [4.69, 9.17) is 0 Å². The van der Waals surface area contributed by atoms with Crippen molar-refractivity contribution in [1.29, 1.82) is 0 Å². The molecule has 1 heterocycles. The van der Waals surface area contributed by atoms with E-state index in [1.165, 1.54) is 35.1 Å². The van der Waals surface area contributed by atoms with Crippen LogP contribution in [0.3, 0.4) is 0 Å². The Morgan fingerprint density at radius 2 is 2.13 bits per heavy atom. The van der Waals surface area contributed by atoms with Crippen LogP contribution in [-0.2, 0) is 0 Å². The fourth-order valence-corrected chi connectivity index (χ4v) is 2.34. The largest absolute Gasteiger partial charge is 0.362 e. The first-order valence-electron chi connectivity index (χ1n) is 5.52. The summed E-state index contributed by atoms with van der Waals surface area (Å²) in [5, 5.41) is 3.17. The molecule has 1 aromatic rings. The van der Waals surface area contributed by atoms with Gasteiger partial charge in [-0.3, -0.25) is 0 Å². The van der Waals surface area contributed by atoms with Crippen LogP contribution in [0.25, 0.3) is 11.8 Å². The predicted molar refractivity (Wildman–Crippen MR) is 64.4 cm³/mol. The van der Waals surface area contributed by atoms with E-state index >= 15 is 0 Å². The molecule has 76 valence electrons. The molecule has 1 saturated carbocycles. The summed E-state index contributed by atoms with van der Waals surface area (Å²) < 4.78 is 0. The molecule has 1 heteroatoms. The van der Waals surface area contributed by atoms with Crippen molar-refractivity contribution in [3.63, 3.8) is 0 Å². The highest BCUT2D eigenvalue weighted by molar-refractivity contribution is 5.79. The third kappa shape index (κ3) is 1.39. The molecule has 1 aliphatic heterocycles. The number of aryl methyl sites for hydroxylation is 1. The van der Waals surface area contributed by atoms with E-state index in [9.17, 15) is 0 Å². The molecule has 1 fully saturated rings. The molecule has 0 amide bonds. The van der Waals surface area contributed by atoms with Crippen LogP contribution in [0.4, 0.5) is 0 Å². The lowest BCUT2D eigenvalue weighted by Crippen LogP contribution is -2.10. The van der Waals surface area contributed by atoms with Crippen molar-refractivity contribution < 1.29 is 0 Å². The second kappa shape index (κ2) is 2.99. The van der Waals surface area contributed by atoms with E-state index in [1.54, 1.807) is 0 Å². The molecular weight excluding hydrogens is 182 g/mol. The van der Waals surface area contributed by atoms with Crippen LogP contribution < -0.4 is 5.32 Å². The SMILES string of the molecule is C=C1NC=Cc2cc(C3CC3)cc(C)c21. The maximum atomic E-state index is 4.04. The number of hydrogen-bond acceptors (Lipinski definition) is 1. The van der Waals surface area contributed by atoms with E-state index in [0.29, 0.717) is 0 Å². The summed E-state index contributed by atoms with van der Waals surface area (Å²) in [7, 11) is 0. The zero-order valence-electron chi connectivity index (χ0n) is 9.01. The summed E-state index contributed by atoms with van der Waals surface area (Å²) in [5.74, 6) is 0.825. The molecular formula is C14H15N. The highest BCUT2D eigenvalue weighted by Gasteiger charge is 2.25. The Morgan fingerprint density at radius 3 is 2.87 bits per heavy atom. The molecule has 3 rings (SSSR count). The fraction of sp³-hybridized carbons (Fsp3) is 0.286. The van der Waals surface area contributed by atoms with E-state index in [0.717, 1.165) is 11.6 Å². The van der Waals surface area contributed by atoms with Gasteiger partial charge in [0.25, 0.3) is 0 Å². The molecule has 0 unspecified atom stereocenters. The Kier molecular flexibility index (Phi) is 1.75. The van der Waals surface area contributed by atoms with Crippen LogP contribution in [0.5, 0.6) is 0 Å². The number of nitrogens with one attached hydrogen (secondary N) is 1. The zero-order chi connectivity index (χ0) is 10.4. The van der Waals surface area contributed by atoms with Gasteiger partial charge in [0.2, 0.25) is 0 Å². The van der Waals surface area contributed by atoms with Crippen molar-refractivity contribution in [2.45, 2.75) is 25.7 Å². The Balaban J connectivity index is 2.18. The van der Waals surface area contributed by atoms with Crippen molar-refractivity contribution in [3.8, 4) is 0 Å². The molecule has 0 spiro atoms. The lowest BCUT2D eigenvalue weighted by molar-refractivity contribution is 1.10. The van der Waals surface area contributed by atoms with Gasteiger partial charge in [-0.2, -0.15) is 0 Å². The minimum Gasteiger partial charge on any atom is -0.362 e. The summed E-state index contributed by atoms with van der Waals surface area (Å²) in [6.07, 6.45) is 6.84. The lowest BCUT2D eigenvalue weighted by Gasteiger charge is -2.18. The maximum Gasteiger partial charge on any atom is 0.0389 e. The van der Waals surface area contributed by atoms with Crippen molar-refractivity contribution in [3.05, 3.63) is 47.2 Å². The predicted octanol–water partition coefficient (Wildman–Crippen LogP) is 3.42. The average Bonchev–Trinajstić information content (AvgIpc) is 3.00. The normalized spacial score (nSPS) is 18.6.